The number of hydrogen-bond acceptors (Lipinski definition) is 3. The van der Waals surface area contributed by atoms with Gasteiger partial charge in [-0.1, -0.05) is 18.2 Å². The normalized spacial score (nSPS) is 16.5. The molecule has 1 unspecified atom stereocenters. The molecule has 1 N–H and O–H groups in total. The van der Waals surface area contributed by atoms with Crippen LogP contribution in [0.1, 0.15) is 40.9 Å². The largest absolute Gasteiger partial charge is 0.494 e. The highest BCUT2D eigenvalue weighted by molar-refractivity contribution is 5.89. The van der Waals surface area contributed by atoms with E-state index in [1.165, 1.54) is 0 Å². The Bertz CT molecular complexity index is 693. The molecule has 0 fully saturated rings. The average Bonchev–Trinajstić information content (AvgIpc) is 2.54. The number of aromatic carboxylic acids is 1. The van der Waals surface area contributed by atoms with Crippen LogP contribution in [-0.2, 0) is 6.42 Å². The van der Waals surface area contributed by atoms with Crippen LogP contribution in [0.5, 0.6) is 11.5 Å². The van der Waals surface area contributed by atoms with E-state index in [0.717, 1.165) is 35.5 Å². The van der Waals surface area contributed by atoms with Gasteiger partial charge < -0.3 is 14.6 Å². The molecule has 0 amide bonds. The van der Waals surface area contributed by atoms with Crippen LogP contribution in [0.25, 0.3) is 0 Å². The fraction of sp³-hybridized carbons (Fsp3) is 0.278. The summed E-state index contributed by atoms with van der Waals surface area (Å²) in [7, 11) is 0. The monoisotopic (exact) mass is 298 g/mol. The third kappa shape index (κ3) is 2.77. The first-order valence-electron chi connectivity index (χ1n) is 7.43. The van der Waals surface area contributed by atoms with Crippen LogP contribution in [0.4, 0.5) is 0 Å². The molecule has 3 rings (SSSR count). The summed E-state index contributed by atoms with van der Waals surface area (Å²) in [6, 6.07) is 12.8. The van der Waals surface area contributed by atoms with Crippen molar-refractivity contribution < 1.29 is 19.4 Å². The Morgan fingerprint density at radius 2 is 2.14 bits per heavy atom. The van der Waals surface area contributed by atoms with Crippen molar-refractivity contribution in [2.75, 3.05) is 6.61 Å². The van der Waals surface area contributed by atoms with Crippen LogP contribution in [-0.4, -0.2) is 17.7 Å². The lowest BCUT2D eigenvalue weighted by atomic mass is 9.94. The molecule has 0 aromatic heterocycles. The number of hydrogen-bond donors (Lipinski definition) is 1. The minimum absolute atomic E-state index is 0.224. The Morgan fingerprint density at radius 1 is 1.32 bits per heavy atom. The number of carboxylic acids is 1. The van der Waals surface area contributed by atoms with Crippen molar-refractivity contribution in [1.82, 2.24) is 0 Å². The summed E-state index contributed by atoms with van der Waals surface area (Å²) >= 11 is 0. The maximum atomic E-state index is 11.4. The van der Waals surface area contributed by atoms with Crippen LogP contribution in [0.2, 0.25) is 0 Å². The van der Waals surface area contributed by atoms with E-state index in [0.29, 0.717) is 12.2 Å². The van der Waals surface area contributed by atoms with Crippen molar-refractivity contribution in [1.29, 1.82) is 0 Å². The first-order chi connectivity index (χ1) is 10.7. The van der Waals surface area contributed by atoms with Gasteiger partial charge in [-0.25, -0.2) is 4.79 Å². The van der Waals surface area contributed by atoms with Crippen molar-refractivity contribution in [3.05, 3.63) is 59.2 Å². The van der Waals surface area contributed by atoms with E-state index >= 15 is 0 Å². The lowest BCUT2D eigenvalue weighted by Crippen LogP contribution is -2.18. The van der Waals surface area contributed by atoms with E-state index in [1.54, 1.807) is 12.1 Å². The second kappa shape index (κ2) is 6.10. The minimum atomic E-state index is -0.920. The molecule has 1 heterocycles. The topological polar surface area (TPSA) is 55.8 Å². The Balaban J connectivity index is 1.87. The number of benzene rings is 2. The van der Waals surface area contributed by atoms with Crippen LogP contribution in [0.15, 0.2) is 42.5 Å². The number of fused-ring (bicyclic) bond motifs is 1. The van der Waals surface area contributed by atoms with Crippen LogP contribution in [0, 0.1) is 0 Å². The van der Waals surface area contributed by atoms with Crippen molar-refractivity contribution in [3.63, 3.8) is 0 Å². The summed E-state index contributed by atoms with van der Waals surface area (Å²) in [4.78, 5) is 11.4. The predicted octanol–water partition coefficient (Wildman–Crippen LogP) is 3.85. The zero-order valence-corrected chi connectivity index (χ0v) is 12.4. The van der Waals surface area contributed by atoms with E-state index in [-0.39, 0.29) is 6.10 Å². The van der Waals surface area contributed by atoms with Gasteiger partial charge in [0.25, 0.3) is 0 Å². The van der Waals surface area contributed by atoms with Gasteiger partial charge in [0.2, 0.25) is 0 Å². The summed E-state index contributed by atoms with van der Waals surface area (Å²) in [6.45, 7) is 2.59. The molecule has 0 spiro atoms. The lowest BCUT2D eigenvalue weighted by Gasteiger charge is -2.27. The summed E-state index contributed by atoms with van der Waals surface area (Å²) in [5.74, 6) is 0.728. The molecule has 4 heteroatoms. The second-order valence-corrected chi connectivity index (χ2v) is 5.24. The Hall–Kier alpha value is -2.49. The Morgan fingerprint density at radius 3 is 2.91 bits per heavy atom. The maximum Gasteiger partial charge on any atom is 0.336 e. The Kier molecular flexibility index (Phi) is 4.00. The molecule has 1 aliphatic heterocycles. The third-order valence-corrected chi connectivity index (χ3v) is 3.83. The molecule has 114 valence electrons. The molecular weight excluding hydrogens is 280 g/mol. The van der Waals surface area contributed by atoms with Gasteiger partial charge in [-0.15, -0.1) is 0 Å². The number of ether oxygens (including phenoxy) is 2. The van der Waals surface area contributed by atoms with E-state index in [9.17, 15) is 9.90 Å². The zero-order chi connectivity index (χ0) is 15.5. The van der Waals surface area contributed by atoms with E-state index in [2.05, 4.69) is 0 Å². The van der Waals surface area contributed by atoms with Crippen LogP contribution < -0.4 is 9.47 Å². The van der Waals surface area contributed by atoms with Crippen molar-refractivity contribution in [2.24, 2.45) is 0 Å². The molecule has 0 saturated carbocycles. The summed E-state index contributed by atoms with van der Waals surface area (Å²) in [6.07, 6.45) is 1.37. The van der Waals surface area contributed by atoms with E-state index in [4.69, 9.17) is 9.47 Å². The molecule has 0 aliphatic carbocycles. The molecule has 0 radical (unpaired) electrons. The molecule has 0 saturated heterocycles. The summed E-state index contributed by atoms with van der Waals surface area (Å²) in [5, 5.41) is 9.31. The molecule has 22 heavy (non-hydrogen) atoms. The number of carboxylic acid groups (broad SMARTS) is 1. The van der Waals surface area contributed by atoms with Gasteiger partial charge in [-0.2, -0.15) is 0 Å². The highest BCUT2D eigenvalue weighted by Crippen LogP contribution is 2.37. The standard InChI is InChI=1S/C18H18O4/c1-2-21-13-8-10-16-12(11-13)7-9-17(22-16)14-5-3-4-6-15(14)18(19)20/h3-6,8,10-11,17H,2,7,9H2,1H3,(H,19,20). The fourth-order valence-electron chi connectivity index (χ4n) is 2.81. The number of aryl methyl sites for hydroxylation is 1. The van der Waals surface area contributed by atoms with Gasteiger partial charge in [0.1, 0.15) is 17.6 Å². The highest BCUT2D eigenvalue weighted by atomic mass is 16.5. The van der Waals surface area contributed by atoms with Gasteiger partial charge in [0, 0.05) is 5.56 Å². The lowest BCUT2D eigenvalue weighted by molar-refractivity contribution is 0.0689. The SMILES string of the molecule is CCOc1ccc2c(c1)CCC(c1ccccc1C(=O)O)O2. The van der Waals surface area contributed by atoms with Crippen molar-refractivity contribution in [3.8, 4) is 11.5 Å². The van der Waals surface area contributed by atoms with Gasteiger partial charge in [-0.05, 0) is 49.6 Å². The first-order valence-corrected chi connectivity index (χ1v) is 7.43. The smallest absolute Gasteiger partial charge is 0.336 e. The van der Waals surface area contributed by atoms with E-state index < -0.39 is 5.97 Å². The quantitative estimate of drug-likeness (QED) is 0.931. The van der Waals surface area contributed by atoms with Gasteiger partial charge in [0.15, 0.2) is 0 Å². The predicted molar refractivity (Wildman–Crippen MR) is 82.7 cm³/mol. The average molecular weight is 298 g/mol. The van der Waals surface area contributed by atoms with Crippen molar-refractivity contribution in [2.45, 2.75) is 25.9 Å². The second-order valence-electron chi connectivity index (χ2n) is 5.24. The van der Waals surface area contributed by atoms with Crippen LogP contribution in [0.3, 0.4) is 0 Å². The fourth-order valence-corrected chi connectivity index (χ4v) is 2.81. The van der Waals surface area contributed by atoms with E-state index in [1.807, 2.05) is 37.3 Å². The Labute approximate surface area is 129 Å². The number of carbonyl (C=O) groups is 1. The summed E-state index contributed by atoms with van der Waals surface area (Å²) < 4.78 is 11.5. The highest BCUT2D eigenvalue weighted by Gasteiger charge is 2.25. The molecule has 1 aliphatic rings. The molecule has 1 atom stereocenters. The van der Waals surface area contributed by atoms with Gasteiger partial charge in [-0.3, -0.25) is 0 Å². The molecule has 4 nitrogen and oxygen atoms in total. The molecule has 2 aromatic carbocycles. The molecule has 2 aromatic rings. The molecular formula is C18H18O4. The third-order valence-electron chi connectivity index (χ3n) is 3.83. The van der Waals surface area contributed by atoms with Crippen molar-refractivity contribution >= 4 is 5.97 Å². The first kappa shape index (κ1) is 14.4. The zero-order valence-electron chi connectivity index (χ0n) is 12.4. The number of rotatable bonds is 4. The van der Waals surface area contributed by atoms with Gasteiger partial charge >= 0.3 is 5.97 Å². The van der Waals surface area contributed by atoms with Crippen LogP contribution >= 0.6 is 0 Å². The van der Waals surface area contributed by atoms with Gasteiger partial charge in [0.05, 0.1) is 12.2 Å². The maximum absolute atomic E-state index is 11.4. The molecule has 0 bridgehead atoms. The minimum Gasteiger partial charge on any atom is -0.494 e. The summed E-state index contributed by atoms with van der Waals surface area (Å²) in [5.41, 5.74) is 2.14.